The second-order valence-corrected chi connectivity index (χ2v) is 11.2. The highest BCUT2D eigenvalue weighted by atomic mass is 35.5. The highest BCUT2D eigenvalue weighted by Gasteiger charge is 2.15. The zero-order chi connectivity index (χ0) is 30.8. The molecule has 0 saturated heterocycles. The van der Waals surface area contributed by atoms with E-state index in [2.05, 4.69) is 142 Å². The monoisotopic (exact) mass is 599 g/mol. The first-order chi connectivity index (χ1) is 22.1. The first kappa shape index (κ1) is 28.3. The molecule has 5 aromatic carbocycles. The molecule has 4 heteroatoms. The van der Waals surface area contributed by atoms with E-state index in [0.29, 0.717) is 0 Å². The van der Waals surface area contributed by atoms with Crippen LogP contribution in [0.1, 0.15) is 18.2 Å². The van der Waals surface area contributed by atoms with Crippen LogP contribution in [0.25, 0.3) is 73.5 Å². The third-order valence-corrected chi connectivity index (χ3v) is 8.23. The molecule has 0 bridgehead atoms. The molecule has 0 radical (unpaired) electrons. The largest absolute Gasteiger partial charge is 0.309 e. The molecule has 0 fully saturated rings. The summed E-state index contributed by atoms with van der Waals surface area (Å²) in [5.41, 5.74) is 12.5. The molecule has 45 heavy (non-hydrogen) atoms. The van der Waals surface area contributed by atoms with Crippen LogP contribution < -0.4 is 0 Å². The van der Waals surface area contributed by atoms with Gasteiger partial charge in [-0.15, -0.1) is 0 Å². The third kappa shape index (κ3) is 5.50. The molecule has 2 heterocycles. The average Bonchev–Trinajstić information content (AvgIpc) is 3.41. The van der Waals surface area contributed by atoms with E-state index in [1.807, 2.05) is 37.3 Å². The SMILES string of the molecule is C=Cc1c(/C=C\C)n(-c2cccc(-c3cccc(-c4cc(-c5ccc(-c6ccccc6)cc5)nc(Cl)n4)c3)c2)c2ccccc12. The summed E-state index contributed by atoms with van der Waals surface area (Å²) in [7, 11) is 0. The molecule has 0 aliphatic carbocycles. The van der Waals surface area contributed by atoms with Crippen molar-refractivity contribution in [3.63, 3.8) is 0 Å². The summed E-state index contributed by atoms with van der Waals surface area (Å²) in [6.45, 7) is 6.16. The van der Waals surface area contributed by atoms with Crippen molar-refractivity contribution in [3.8, 4) is 50.5 Å². The van der Waals surface area contributed by atoms with Crippen LogP contribution in [0.15, 0.2) is 146 Å². The Morgan fingerprint density at radius 1 is 0.600 bits per heavy atom. The molecule has 216 valence electrons. The van der Waals surface area contributed by atoms with E-state index in [1.165, 1.54) is 10.9 Å². The lowest BCUT2D eigenvalue weighted by Gasteiger charge is -2.12. The number of allylic oxidation sites excluding steroid dienone is 1. The molecule has 2 aromatic heterocycles. The molecule has 0 saturated carbocycles. The molecule has 7 rings (SSSR count). The first-order valence-corrected chi connectivity index (χ1v) is 15.3. The fourth-order valence-electron chi connectivity index (χ4n) is 5.96. The number of hydrogen-bond acceptors (Lipinski definition) is 2. The van der Waals surface area contributed by atoms with Gasteiger partial charge in [0, 0.05) is 27.8 Å². The molecule has 0 unspecified atom stereocenters. The minimum absolute atomic E-state index is 0.219. The van der Waals surface area contributed by atoms with Crippen LogP contribution >= 0.6 is 11.6 Å². The Hall–Kier alpha value is -5.51. The van der Waals surface area contributed by atoms with Crippen LogP contribution in [-0.4, -0.2) is 14.5 Å². The predicted octanol–water partition coefficient (Wildman–Crippen LogP) is 11.4. The minimum atomic E-state index is 0.219. The second kappa shape index (κ2) is 12.2. The number of aromatic nitrogens is 3. The summed E-state index contributed by atoms with van der Waals surface area (Å²) < 4.78 is 2.30. The van der Waals surface area contributed by atoms with Crippen molar-refractivity contribution in [1.29, 1.82) is 0 Å². The molecule has 0 aliphatic heterocycles. The second-order valence-electron chi connectivity index (χ2n) is 10.8. The Labute approximate surface area is 268 Å². The Bertz CT molecular complexity index is 2190. The van der Waals surface area contributed by atoms with Crippen molar-refractivity contribution in [1.82, 2.24) is 14.5 Å². The van der Waals surface area contributed by atoms with Crippen molar-refractivity contribution in [2.75, 3.05) is 0 Å². The lowest BCUT2D eigenvalue weighted by atomic mass is 9.99. The molecule has 0 amide bonds. The maximum atomic E-state index is 6.49. The number of halogens is 1. The molecular formula is C41H30ClN3. The third-order valence-electron chi connectivity index (χ3n) is 8.06. The summed E-state index contributed by atoms with van der Waals surface area (Å²) in [4.78, 5) is 9.16. The zero-order valence-electron chi connectivity index (χ0n) is 24.9. The van der Waals surface area contributed by atoms with E-state index < -0.39 is 0 Å². The van der Waals surface area contributed by atoms with Gasteiger partial charge in [-0.3, -0.25) is 0 Å². The maximum Gasteiger partial charge on any atom is 0.223 e. The van der Waals surface area contributed by atoms with E-state index in [-0.39, 0.29) is 5.28 Å². The minimum Gasteiger partial charge on any atom is -0.309 e. The van der Waals surface area contributed by atoms with Crippen LogP contribution in [0, 0.1) is 0 Å². The van der Waals surface area contributed by atoms with Crippen molar-refractivity contribution in [2.45, 2.75) is 6.92 Å². The van der Waals surface area contributed by atoms with E-state index in [1.54, 1.807) is 0 Å². The normalized spacial score (nSPS) is 11.3. The fraction of sp³-hybridized carbons (Fsp3) is 0.0244. The van der Waals surface area contributed by atoms with Crippen molar-refractivity contribution < 1.29 is 0 Å². The van der Waals surface area contributed by atoms with Gasteiger partial charge in [0.05, 0.1) is 22.6 Å². The van der Waals surface area contributed by atoms with Gasteiger partial charge in [0.2, 0.25) is 5.28 Å². The van der Waals surface area contributed by atoms with Crippen LogP contribution in [0.5, 0.6) is 0 Å². The molecule has 0 N–H and O–H groups in total. The maximum absolute atomic E-state index is 6.49. The Kier molecular flexibility index (Phi) is 7.69. The van der Waals surface area contributed by atoms with Gasteiger partial charge in [-0.05, 0) is 77.2 Å². The van der Waals surface area contributed by atoms with E-state index >= 15 is 0 Å². The average molecular weight is 600 g/mol. The lowest BCUT2D eigenvalue weighted by Crippen LogP contribution is -1.97. The van der Waals surface area contributed by atoms with E-state index in [4.69, 9.17) is 11.6 Å². The standard InChI is InChI=1S/C41H30ClN3/c1-3-12-39-35(4-2)36-19-8-9-20-40(36)45(39)34-18-11-16-32(26-34)31-15-10-17-33(25-31)38-27-37(43-41(42)44-38)30-23-21-29(22-24-30)28-13-6-5-7-14-28/h3-27H,2H2,1H3/b12-3-. The van der Waals surface area contributed by atoms with Gasteiger partial charge in [0.25, 0.3) is 0 Å². The van der Waals surface area contributed by atoms with Gasteiger partial charge >= 0.3 is 0 Å². The van der Waals surface area contributed by atoms with Crippen molar-refractivity contribution in [2.24, 2.45) is 0 Å². The summed E-state index contributed by atoms with van der Waals surface area (Å²) in [5, 5.41) is 1.40. The summed E-state index contributed by atoms with van der Waals surface area (Å²) in [5.74, 6) is 0. The summed E-state index contributed by atoms with van der Waals surface area (Å²) in [6, 6.07) is 46.3. The summed E-state index contributed by atoms with van der Waals surface area (Å²) >= 11 is 6.49. The molecule has 0 atom stereocenters. The van der Waals surface area contributed by atoms with Gasteiger partial charge < -0.3 is 4.57 Å². The zero-order valence-corrected chi connectivity index (χ0v) is 25.6. The number of nitrogens with zero attached hydrogens (tertiary/aromatic N) is 3. The quantitative estimate of drug-likeness (QED) is 0.171. The Morgan fingerprint density at radius 2 is 1.20 bits per heavy atom. The number of rotatable bonds is 7. The van der Waals surface area contributed by atoms with Crippen LogP contribution in [0.4, 0.5) is 0 Å². The topological polar surface area (TPSA) is 30.7 Å². The Morgan fingerprint density at radius 3 is 1.96 bits per heavy atom. The highest BCUT2D eigenvalue weighted by Crippen LogP contribution is 2.34. The fourth-order valence-corrected chi connectivity index (χ4v) is 6.14. The number of benzene rings is 5. The molecule has 7 aromatic rings. The number of hydrogen-bond donors (Lipinski definition) is 0. The first-order valence-electron chi connectivity index (χ1n) is 14.9. The predicted molar refractivity (Wildman–Crippen MR) is 190 cm³/mol. The number of fused-ring (bicyclic) bond motifs is 1. The summed E-state index contributed by atoms with van der Waals surface area (Å²) in [6.07, 6.45) is 6.17. The van der Waals surface area contributed by atoms with Gasteiger partial charge in [-0.25, -0.2) is 9.97 Å². The smallest absolute Gasteiger partial charge is 0.223 e. The highest BCUT2D eigenvalue weighted by molar-refractivity contribution is 6.28. The number of para-hydroxylation sites is 1. The molecule has 0 aliphatic rings. The van der Waals surface area contributed by atoms with E-state index in [0.717, 1.165) is 61.7 Å². The van der Waals surface area contributed by atoms with Crippen molar-refractivity contribution >= 4 is 34.7 Å². The van der Waals surface area contributed by atoms with Crippen LogP contribution in [0.2, 0.25) is 5.28 Å². The van der Waals surface area contributed by atoms with Gasteiger partial charge in [0.15, 0.2) is 0 Å². The van der Waals surface area contributed by atoms with E-state index in [9.17, 15) is 0 Å². The van der Waals surface area contributed by atoms with Gasteiger partial charge in [-0.2, -0.15) is 0 Å². The molecular weight excluding hydrogens is 570 g/mol. The molecule has 3 nitrogen and oxygen atoms in total. The van der Waals surface area contributed by atoms with Gasteiger partial charge in [0.1, 0.15) is 0 Å². The van der Waals surface area contributed by atoms with Crippen molar-refractivity contribution in [3.05, 3.63) is 163 Å². The molecule has 0 spiro atoms. The Balaban J connectivity index is 1.26. The van der Waals surface area contributed by atoms with Crippen LogP contribution in [-0.2, 0) is 0 Å². The lowest BCUT2D eigenvalue weighted by molar-refractivity contribution is 1.11. The van der Waals surface area contributed by atoms with Gasteiger partial charge in [-0.1, -0.05) is 122 Å². The van der Waals surface area contributed by atoms with Crippen LogP contribution in [0.3, 0.4) is 0 Å².